The van der Waals surface area contributed by atoms with Gasteiger partial charge < -0.3 is 10.1 Å². The number of hydrogen-bond acceptors (Lipinski definition) is 9. The van der Waals surface area contributed by atoms with Crippen LogP contribution < -0.4 is 5.32 Å². The van der Waals surface area contributed by atoms with Crippen LogP contribution in [-0.4, -0.2) is 52.2 Å². The molecule has 0 fully saturated rings. The van der Waals surface area contributed by atoms with Crippen LogP contribution in [0.5, 0.6) is 0 Å². The quantitative estimate of drug-likeness (QED) is 0.632. The number of Topliss-reactive ketones (excluding diaryl/α,β-unsaturated/α-hetero) is 1. The molecule has 2 heterocycles. The molecule has 0 bridgehead atoms. The molecule has 0 radical (unpaired) electrons. The van der Waals surface area contributed by atoms with E-state index in [0.29, 0.717) is 29.9 Å². The molecule has 27 heavy (non-hydrogen) atoms. The topological polar surface area (TPSA) is 124 Å². The number of carbonyl (C=O) groups is 2. The molecule has 0 aliphatic carbocycles. The van der Waals surface area contributed by atoms with E-state index in [0.717, 1.165) is 6.92 Å². The lowest BCUT2D eigenvalue weighted by Crippen LogP contribution is -2.33. The van der Waals surface area contributed by atoms with Crippen LogP contribution in [-0.2, 0) is 34.0 Å². The zero-order valence-electron chi connectivity index (χ0n) is 15.5. The van der Waals surface area contributed by atoms with Crippen molar-refractivity contribution in [2.45, 2.75) is 59.9 Å². The van der Waals surface area contributed by atoms with E-state index in [4.69, 9.17) is 4.74 Å². The van der Waals surface area contributed by atoms with Crippen molar-refractivity contribution in [3.63, 3.8) is 0 Å². The highest BCUT2D eigenvalue weighted by Gasteiger charge is 2.40. The van der Waals surface area contributed by atoms with Gasteiger partial charge in [-0.1, -0.05) is 6.92 Å². The Morgan fingerprint density at radius 2 is 2.04 bits per heavy atom. The Morgan fingerprint density at radius 1 is 1.41 bits per heavy atom. The number of esters is 1. The monoisotopic (exact) mass is 437 g/mol. The predicted octanol–water partition coefficient (Wildman–Crippen LogP) is 1.26. The second-order valence-corrected chi connectivity index (χ2v) is 12.3. The number of thiophene rings is 1. The molecule has 0 saturated heterocycles. The molecular formula is C16H23NO7S3. The molecule has 11 heteroatoms. The zero-order chi connectivity index (χ0) is 20.6. The SMILES string of the molecule is CCN[C@H]1C[C@H](C)S(=O)(=O)c2sc(S(=O)(=O)CC(=O)[C@H](C)OC(C)=O)cc21. The lowest BCUT2D eigenvalue weighted by atomic mass is 10.1. The van der Waals surface area contributed by atoms with Gasteiger partial charge in [-0.05, 0) is 38.4 Å². The molecule has 0 spiro atoms. The molecular weight excluding hydrogens is 414 g/mol. The highest BCUT2D eigenvalue weighted by atomic mass is 32.3. The molecule has 0 saturated carbocycles. The summed E-state index contributed by atoms with van der Waals surface area (Å²) in [5, 5.41) is 2.55. The van der Waals surface area contributed by atoms with Crippen molar-refractivity contribution in [3.05, 3.63) is 11.6 Å². The van der Waals surface area contributed by atoms with Gasteiger partial charge in [0.2, 0.25) is 0 Å². The van der Waals surface area contributed by atoms with Crippen molar-refractivity contribution < 1.29 is 31.2 Å². The normalized spacial score (nSPS) is 22.7. The van der Waals surface area contributed by atoms with E-state index < -0.39 is 48.5 Å². The summed E-state index contributed by atoms with van der Waals surface area (Å²) in [6.07, 6.45) is -0.841. The Bertz CT molecular complexity index is 947. The fourth-order valence-corrected chi connectivity index (χ4v) is 8.29. The fraction of sp³-hybridized carbons (Fsp3) is 0.625. The maximum atomic E-state index is 12.6. The number of hydrogen-bond donors (Lipinski definition) is 1. The Labute approximate surface area is 163 Å². The summed E-state index contributed by atoms with van der Waals surface area (Å²) in [6, 6.07) is 1.08. The molecule has 152 valence electrons. The van der Waals surface area contributed by atoms with Crippen LogP contribution in [0.4, 0.5) is 0 Å². The van der Waals surface area contributed by atoms with E-state index in [2.05, 4.69) is 5.32 Å². The van der Waals surface area contributed by atoms with Gasteiger partial charge >= 0.3 is 5.97 Å². The summed E-state index contributed by atoms with van der Waals surface area (Å²) in [7, 11) is -7.67. The molecule has 0 unspecified atom stereocenters. The summed E-state index contributed by atoms with van der Waals surface area (Å²) in [6.45, 7) is 6.51. The number of ketones is 1. The highest BCUT2D eigenvalue weighted by molar-refractivity contribution is 7.96. The minimum atomic E-state index is -4.05. The molecule has 0 amide bonds. The van der Waals surface area contributed by atoms with Gasteiger partial charge in [0.15, 0.2) is 31.6 Å². The summed E-state index contributed by atoms with van der Waals surface area (Å²) >= 11 is 0.674. The number of sulfone groups is 2. The van der Waals surface area contributed by atoms with E-state index in [1.54, 1.807) is 6.92 Å². The molecule has 1 N–H and O–H groups in total. The number of ether oxygens (including phenoxy) is 1. The molecule has 0 aromatic carbocycles. The van der Waals surface area contributed by atoms with Crippen molar-refractivity contribution in [1.82, 2.24) is 5.32 Å². The zero-order valence-corrected chi connectivity index (χ0v) is 18.0. The first kappa shape index (κ1) is 22.0. The standard InChI is InChI=1S/C16H23NO7S3/c1-5-17-13-6-9(2)27(22,23)16-12(13)7-15(25-16)26(20,21)8-14(19)10(3)24-11(4)18/h7,9-10,13,17H,5-6,8H2,1-4H3/t9-,10-,13-/m0/s1. The average Bonchev–Trinajstić information content (AvgIpc) is 2.99. The Morgan fingerprint density at radius 3 is 2.59 bits per heavy atom. The van der Waals surface area contributed by atoms with Crippen LogP contribution in [0.1, 0.15) is 45.7 Å². The maximum Gasteiger partial charge on any atom is 0.303 e. The van der Waals surface area contributed by atoms with Crippen LogP contribution in [0.15, 0.2) is 14.5 Å². The van der Waals surface area contributed by atoms with Crippen LogP contribution in [0, 0.1) is 0 Å². The van der Waals surface area contributed by atoms with Crippen LogP contribution in [0.2, 0.25) is 0 Å². The van der Waals surface area contributed by atoms with Gasteiger partial charge in [-0.25, -0.2) is 16.8 Å². The summed E-state index contributed by atoms with van der Waals surface area (Å²) < 4.78 is 55.1. The average molecular weight is 438 g/mol. The van der Waals surface area contributed by atoms with Gasteiger partial charge in [-0.15, -0.1) is 11.3 Å². The van der Waals surface area contributed by atoms with Gasteiger partial charge in [0, 0.05) is 13.0 Å². The third-order valence-corrected chi connectivity index (χ3v) is 10.4. The van der Waals surface area contributed by atoms with E-state index in [9.17, 15) is 26.4 Å². The van der Waals surface area contributed by atoms with Crippen molar-refractivity contribution in [2.75, 3.05) is 12.3 Å². The van der Waals surface area contributed by atoms with E-state index in [1.165, 1.54) is 13.0 Å². The van der Waals surface area contributed by atoms with Gasteiger partial charge in [0.25, 0.3) is 0 Å². The molecule has 1 aromatic rings. The van der Waals surface area contributed by atoms with Crippen molar-refractivity contribution in [2.24, 2.45) is 0 Å². The van der Waals surface area contributed by atoms with Gasteiger partial charge in [-0.2, -0.15) is 0 Å². The van der Waals surface area contributed by atoms with Crippen LogP contribution >= 0.6 is 11.3 Å². The van der Waals surface area contributed by atoms with Crippen LogP contribution in [0.3, 0.4) is 0 Å². The first-order valence-electron chi connectivity index (χ1n) is 8.43. The molecule has 2 rings (SSSR count). The smallest absolute Gasteiger partial charge is 0.303 e. The van der Waals surface area contributed by atoms with Gasteiger partial charge in [0.05, 0.1) is 5.25 Å². The Balaban J connectivity index is 2.39. The highest BCUT2D eigenvalue weighted by Crippen LogP contribution is 2.43. The predicted molar refractivity (Wildman–Crippen MR) is 100 cm³/mol. The minimum Gasteiger partial charge on any atom is -0.455 e. The van der Waals surface area contributed by atoms with E-state index >= 15 is 0 Å². The molecule has 3 atom stereocenters. The number of rotatable bonds is 7. The number of carbonyl (C=O) groups excluding carboxylic acids is 2. The summed E-state index contributed by atoms with van der Waals surface area (Å²) in [4.78, 5) is 23.0. The fourth-order valence-electron chi connectivity index (χ4n) is 2.88. The third kappa shape index (κ3) is 4.58. The number of fused-ring (bicyclic) bond motifs is 1. The molecule has 1 aromatic heterocycles. The van der Waals surface area contributed by atoms with E-state index in [1.807, 2.05) is 6.92 Å². The van der Waals surface area contributed by atoms with Gasteiger partial charge in [0.1, 0.15) is 14.2 Å². The largest absolute Gasteiger partial charge is 0.455 e. The first-order chi connectivity index (χ1) is 12.4. The van der Waals surface area contributed by atoms with Crippen LogP contribution in [0.25, 0.3) is 0 Å². The summed E-state index contributed by atoms with van der Waals surface area (Å²) in [5.74, 6) is -2.31. The number of nitrogens with one attached hydrogen (secondary N) is 1. The maximum absolute atomic E-state index is 12.6. The molecule has 8 nitrogen and oxygen atoms in total. The van der Waals surface area contributed by atoms with Crippen molar-refractivity contribution >= 4 is 42.8 Å². The lowest BCUT2D eigenvalue weighted by Gasteiger charge is -2.27. The second kappa shape index (κ2) is 7.98. The van der Waals surface area contributed by atoms with Crippen molar-refractivity contribution in [1.29, 1.82) is 0 Å². The Kier molecular flexibility index (Phi) is 6.50. The summed E-state index contributed by atoms with van der Waals surface area (Å²) in [5.41, 5.74) is 0.430. The Hall–Kier alpha value is -1.30. The van der Waals surface area contributed by atoms with E-state index in [-0.39, 0.29) is 14.5 Å². The molecule has 1 aliphatic rings. The third-order valence-electron chi connectivity index (χ3n) is 4.32. The van der Waals surface area contributed by atoms with Gasteiger partial charge in [-0.3, -0.25) is 9.59 Å². The second-order valence-electron chi connectivity index (χ2n) is 6.49. The van der Waals surface area contributed by atoms with Crippen molar-refractivity contribution in [3.8, 4) is 0 Å². The molecule has 1 aliphatic heterocycles. The lowest BCUT2D eigenvalue weighted by molar-refractivity contribution is -0.151. The minimum absolute atomic E-state index is 0.0336. The first-order valence-corrected chi connectivity index (χ1v) is 12.4.